The summed E-state index contributed by atoms with van der Waals surface area (Å²) in [6, 6.07) is 20.9. The van der Waals surface area contributed by atoms with Crippen LogP contribution in [0.4, 0.5) is 0 Å². The molecule has 0 spiro atoms. The zero-order valence-corrected chi connectivity index (χ0v) is 20.1. The Bertz CT molecular complexity index is 1100. The number of rotatable bonds is 7. The van der Waals surface area contributed by atoms with Gasteiger partial charge in [-0.3, -0.25) is 4.57 Å². The highest BCUT2D eigenvalue weighted by atomic mass is 16.5. The molecule has 35 heavy (non-hydrogen) atoms. The lowest BCUT2D eigenvalue weighted by Gasteiger charge is -2.34. The SMILES string of the molecule is Oc1c2c(c(O)n1CCN1CCC(OC(c3ccccc3)c3ccccc3)CC1)C1C=CC2CC1. The predicted molar refractivity (Wildman–Crippen MR) is 137 cm³/mol. The third-order valence-electron chi connectivity index (χ3n) is 8.10. The number of hydrogen-bond donors (Lipinski definition) is 2. The van der Waals surface area contributed by atoms with E-state index in [4.69, 9.17) is 4.74 Å². The van der Waals surface area contributed by atoms with Gasteiger partial charge in [0.25, 0.3) is 0 Å². The van der Waals surface area contributed by atoms with Gasteiger partial charge < -0.3 is 19.8 Å². The molecular formula is C30H34N2O3. The van der Waals surface area contributed by atoms with E-state index in [1.807, 2.05) is 12.1 Å². The monoisotopic (exact) mass is 470 g/mol. The molecule has 182 valence electrons. The molecule has 2 N–H and O–H groups in total. The molecule has 0 radical (unpaired) electrons. The molecule has 1 fully saturated rings. The van der Waals surface area contributed by atoms with E-state index in [1.165, 1.54) is 11.1 Å². The highest BCUT2D eigenvalue weighted by Gasteiger charge is 2.37. The summed E-state index contributed by atoms with van der Waals surface area (Å²) in [5.74, 6) is 1.03. The zero-order valence-electron chi connectivity index (χ0n) is 20.1. The first-order valence-electron chi connectivity index (χ1n) is 13.0. The summed E-state index contributed by atoms with van der Waals surface area (Å²) in [7, 11) is 0. The molecular weight excluding hydrogens is 436 g/mol. The standard InChI is InChI=1S/C30H34N2O3/c33-29-26-21-11-12-22(14-13-21)27(26)30(34)32(29)20-19-31-17-15-25(16-18-31)35-28(23-7-3-1-4-8-23)24-9-5-2-6-10-24/h1-12,21-22,25,28,33-34H,13-20H2. The first kappa shape index (κ1) is 22.4. The Kier molecular flexibility index (Phi) is 6.13. The van der Waals surface area contributed by atoms with Crippen LogP contribution < -0.4 is 0 Å². The number of ether oxygens (including phenoxy) is 1. The van der Waals surface area contributed by atoms with Gasteiger partial charge in [-0.2, -0.15) is 0 Å². The molecule has 2 atom stereocenters. The number of aromatic hydroxyl groups is 2. The minimum atomic E-state index is -0.0574. The number of aromatic nitrogens is 1. The van der Waals surface area contributed by atoms with E-state index in [9.17, 15) is 10.2 Å². The van der Waals surface area contributed by atoms with Crippen molar-refractivity contribution < 1.29 is 14.9 Å². The lowest BCUT2D eigenvalue weighted by atomic mass is 9.73. The smallest absolute Gasteiger partial charge is 0.198 e. The maximum Gasteiger partial charge on any atom is 0.198 e. The Balaban J connectivity index is 1.08. The molecule has 3 aliphatic carbocycles. The summed E-state index contributed by atoms with van der Waals surface area (Å²) in [6.07, 6.45) is 8.62. The van der Waals surface area contributed by atoms with Gasteiger partial charge in [-0.15, -0.1) is 0 Å². The Morgan fingerprint density at radius 2 is 1.23 bits per heavy atom. The third kappa shape index (κ3) is 4.28. The van der Waals surface area contributed by atoms with Crippen molar-refractivity contribution >= 4 is 0 Å². The summed E-state index contributed by atoms with van der Waals surface area (Å²) >= 11 is 0. The van der Waals surface area contributed by atoms with Crippen LogP contribution >= 0.6 is 0 Å². The van der Waals surface area contributed by atoms with Crippen molar-refractivity contribution in [1.29, 1.82) is 0 Å². The Hall–Kier alpha value is -3.02. The number of fused-ring (bicyclic) bond motifs is 1. The number of nitrogens with zero attached hydrogens (tertiary/aromatic N) is 2. The molecule has 3 aromatic rings. The van der Waals surface area contributed by atoms with Gasteiger partial charge >= 0.3 is 0 Å². The molecule has 2 bridgehead atoms. The van der Waals surface area contributed by atoms with Gasteiger partial charge in [0.2, 0.25) is 0 Å². The quantitative estimate of drug-likeness (QED) is 0.435. The van der Waals surface area contributed by atoms with E-state index >= 15 is 0 Å². The Labute approximate surface area is 207 Å². The van der Waals surface area contributed by atoms with Gasteiger partial charge in [0.1, 0.15) is 6.10 Å². The molecule has 0 saturated carbocycles. The van der Waals surface area contributed by atoms with E-state index in [1.54, 1.807) is 4.57 Å². The van der Waals surface area contributed by atoms with Crippen LogP contribution in [-0.2, 0) is 11.3 Å². The van der Waals surface area contributed by atoms with Crippen LogP contribution in [0.5, 0.6) is 11.8 Å². The highest BCUT2D eigenvalue weighted by molar-refractivity contribution is 5.56. The fourth-order valence-corrected chi connectivity index (χ4v) is 6.18. The molecule has 2 heterocycles. The van der Waals surface area contributed by atoms with Gasteiger partial charge in [0.15, 0.2) is 11.8 Å². The van der Waals surface area contributed by atoms with Crippen LogP contribution in [0, 0.1) is 0 Å². The first-order chi connectivity index (χ1) is 17.2. The summed E-state index contributed by atoms with van der Waals surface area (Å²) < 4.78 is 8.41. The lowest BCUT2D eigenvalue weighted by molar-refractivity contribution is -0.0274. The Morgan fingerprint density at radius 3 is 1.71 bits per heavy atom. The van der Waals surface area contributed by atoms with Crippen LogP contribution in [0.15, 0.2) is 72.8 Å². The maximum absolute atomic E-state index is 10.9. The average molecular weight is 471 g/mol. The van der Waals surface area contributed by atoms with Crippen molar-refractivity contribution in [2.75, 3.05) is 19.6 Å². The summed E-state index contributed by atoms with van der Waals surface area (Å²) in [4.78, 5) is 2.42. The van der Waals surface area contributed by atoms with Crippen LogP contribution in [0.2, 0.25) is 0 Å². The molecule has 5 nitrogen and oxygen atoms in total. The van der Waals surface area contributed by atoms with Gasteiger partial charge in [-0.25, -0.2) is 0 Å². The normalized spacial score (nSPS) is 22.1. The number of likely N-dealkylation sites (tertiary alicyclic amines) is 1. The van der Waals surface area contributed by atoms with E-state index in [-0.39, 0.29) is 35.8 Å². The molecule has 1 aromatic heterocycles. The van der Waals surface area contributed by atoms with Crippen molar-refractivity contribution in [3.05, 3.63) is 95.1 Å². The van der Waals surface area contributed by atoms with E-state index in [0.717, 1.165) is 56.4 Å². The van der Waals surface area contributed by atoms with Crippen molar-refractivity contribution in [2.24, 2.45) is 0 Å². The third-order valence-corrected chi connectivity index (χ3v) is 8.10. The lowest BCUT2D eigenvalue weighted by Crippen LogP contribution is -2.39. The van der Waals surface area contributed by atoms with Crippen molar-refractivity contribution in [3.8, 4) is 11.8 Å². The second-order valence-electron chi connectivity index (χ2n) is 10.2. The molecule has 1 aliphatic heterocycles. The van der Waals surface area contributed by atoms with E-state index in [0.29, 0.717) is 6.54 Å². The van der Waals surface area contributed by atoms with Crippen molar-refractivity contribution in [2.45, 2.75) is 56.3 Å². The molecule has 0 amide bonds. The van der Waals surface area contributed by atoms with Crippen molar-refractivity contribution in [3.63, 3.8) is 0 Å². The van der Waals surface area contributed by atoms with Gasteiger partial charge in [-0.05, 0) is 36.8 Å². The number of allylic oxidation sites excluding steroid dienone is 2. The molecule has 1 saturated heterocycles. The maximum atomic E-state index is 10.9. The van der Waals surface area contributed by atoms with Crippen LogP contribution in [0.3, 0.4) is 0 Å². The molecule has 5 heteroatoms. The van der Waals surface area contributed by atoms with Crippen LogP contribution in [0.1, 0.15) is 65.9 Å². The zero-order chi connectivity index (χ0) is 23.8. The van der Waals surface area contributed by atoms with Crippen LogP contribution in [-0.4, -0.2) is 45.4 Å². The predicted octanol–water partition coefficient (Wildman–Crippen LogP) is 5.70. The molecule has 4 aliphatic rings. The van der Waals surface area contributed by atoms with Gasteiger partial charge in [-0.1, -0.05) is 72.8 Å². The second-order valence-corrected chi connectivity index (χ2v) is 10.2. The fourth-order valence-electron chi connectivity index (χ4n) is 6.18. The molecule has 2 unspecified atom stereocenters. The van der Waals surface area contributed by atoms with Gasteiger partial charge in [0.05, 0.1) is 6.10 Å². The summed E-state index contributed by atoms with van der Waals surface area (Å²) in [5.41, 5.74) is 4.29. The average Bonchev–Trinajstić information content (AvgIpc) is 3.20. The summed E-state index contributed by atoms with van der Waals surface area (Å²) in [5, 5.41) is 21.8. The highest BCUT2D eigenvalue weighted by Crippen LogP contribution is 2.53. The number of benzene rings is 2. The largest absolute Gasteiger partial charge is 0.494 e. The number of piperidine rings is 1. The summed E-state index contributed by atoms with van der Waals surface area (Å²) in [6.45, 7) is 3.32. The molecule has 2 aromatic carbocycles. The van der Waals surface area contributed by atoms with E-state index in [2.05, 4.69) is 65.6 Å². The fraction of sp³-hybridized carbons (Fsp3) is 0.400. The van der Waals surface area contributed by atoms with Crippen molar-refractivity contribution in [1.82, 2.24) is 9.47 Å². The minimum absolute atomic E-state index is 0.0574. The van der Waals surface area contributed by atoms with Gasteiger partial charge in [0, 0.05) is 49.1 Å². The Morgan fingerprint density at radius 1 is 0.714 bits per heavy atom. The second kappa shape index (κ2) is 9.56. The topological polar surface area (TPSA) is 57.9 Å². The molecule has 7 rings (SSSR count). The minimum Gasteiger partial charge on any atom is -0.494 e. The van der Waals surface area contributed by atoms with Crippen LogP contribution in [0.25, 0.3) is 0 Å². The number of hydrogen-bond acceptors (Lipinski definition) is 4. The van der Waals surface area contributed by atoms with E-state index < -0.39 is 0 Å². The first-order valence-corrected chi connectivity index (χ1v) is 13.0.